The molecule has 200 valence electrons. The molecule has 7 rings (SSSR count). The number of anilines is 1. The van der Waals surface area contributed by atoms with E-state index in [0.717, 1.165) is 22.7 Å². The highest BCUT2D eigenvalue weighted by molar-refractivity contribution is 6.39. The summed E-state index contributed by atoms with van der Waals surface area (Å²) in [7, 11) is 0. The number of hydrogen-bond acceptors (Lipinski definition) is 5. The van der Waals surface area contributed by atoms with Crippen molar-refractivity contribution in [3.05, 3.63) is 59.2 Å². The van der Waals surface area contributed by atoms with Crippen LogP contribution in [0.2, 0.25) is 0 Å². The lowest BCUT2D eigenvalue weighted by molar-refractivity contribution is -0.122. The van der Waals surface area contributed by atoms with Gasteiger partial charge in [0.1, 0.15) is 12.2 Å². The molecule has 5 fully saturated rings. The second-order valence-corrected chi connectivity index (χ2v) is 11.3. The molecule has 5 aliphatic rings. The summed E-state index contributed by atoms with van der Waals surface area (Å²) in [4.78, 5) is 40.0. The van der Waals surface area contributed by atoms with Gasteiger partial charge in [0.2, 0.25) is 0 Å². The maximum Gasteiger partial charge on any atom is 0.335 e. The van der Waals surface area contributed by atoms with Crippen molar-refractivity contribution in [2.75, 3.05) is 18.1 Å². The van der Waals surface area contributed by atoms with Gasteiger partial charge >= 0.3 is 6.03 Å². The molecule has 4 saturated carbocycles. The van der Waals surface area contributed by atoms with E-state index in [1.54, 1.807) is 18.2 Å². The fourth-order valence-electron chi connectivity index (χ4n) is 7.61. The molecular formula is C32H32N2O5. The first-order valence-electron chi connectivity index (χ1n) is 13.7. The molecule has 4 bridgehead atoms. The molecule has 0 atom stereocenters. The van der Waals surface area contributed by atoms with E-state index in [-0.39, 0.29) is 17.6 Å². The molecule has 0 unspecified atom stereocenters. The molecule has 0 aromatic heterocycles. The molecule has 0 spiro atoms. The van der Waals surface area contributed by atoms with Crippen LogP contribution in [-0.4, -0.2) is 31.1 Å². The number of urea groups is 1. The number of hydrogen-bond donors (Lipinski definition) is 1. The third-order valence-electron chi connectivity index (χ3n) is 8.77. The molecule has 2 aromatic carbocycles. The van der Waals surface area contributed by atoms with Crippen molar-refractivity contribution >= 4 is 29.6 Å². The molecule has 1 aliphatic heterocycles. The highest BCUT2D eigenvalue weighted by Gasteiger charge is 2.51. The lowest BCUT2D eigenvalue weighted by atomic mass is 9.48. The quantitative estimate of drug-likeness (QED) is 0.305. The topological polar surface area (TPSA) is 84.9 Å². The van der Waals surface area contributed by atoms with Gasteiger partial charge in [-0.3, -0.25) is 14.9 Å². The molecule has 39 heavy (non-hydrogen) atoms. The Morgan fingerprint density at radius 3 is 2.26 bits per heavy atom. The Kier molecular flexibility index (Phi) is 6.42. The number of terminal acetylenes is 1. The minimum atomic E-state index is -0.752. The molecule has 1 saturated heterocycles. The summed E-state index contributed by atoms with van der Waals surface area (Å²) in [5, 5.41) is 2.31. The zero-order valence-electron chi connectivity index (χ0n) is 22.1. The van der Waals surface area contributed by atoms with Crippen LogP contribution in [0.15, 0.2) is 48.0 Å². The van der Waals surface area contributed by atoms with E-state index in [0.29, 0.717) is 29.4 Å². The summed E-state index contributed by atoms with van der Waals surface area (Å²) < 4.78 is 11.2. The van der Waals surface area contributed by atoms with Gasteiger partial charge in [-0.25, -0.2) is 9.69 Å². The first-order chi connectivity index (χ1) is 18.9. The summed E-state index contributed by atoms with van der Waals surface area (Å²) in [6, 6.07) is 12.1. The van der Waals surface area contributed by atoms with Crippen molar-refractivity contribution in [2.45, 2.75) is 50.9 Å². The summed E-state index contributed by atoms with van der Waals surface area (Å²) in [6.45, 7) is 2.32. The van der Waals surface area contributed by atoms with Gasteiger partial charge < -0.3 is 9.47 Å². The molecule has 2 aromatic rings. The number of benzene rings is 2. The highest BCUT2D eigenvalue weighted by atomic mass is 16.5. The van der Waals surface area contributed by atoms with E-state index in [1.807, 2.05) is 19.1 Å². The Morgan fingerprint density at radius 2 is 1.64 bits per heavy atom. The Morgan fingerprint density at radius 1 is 0.974 bits per heavy atom. The Labute approximate surface area is 228 Å². The maximum absolute atomic E-state index is 13.5. The number of nitrogens with one attached hydrogen (secondary N) is 1. The Bertz CT molecular complexity index is 1370. The predicted octanol–water partition coefficient (Wildman–Crippen LogP) is 5.23. The predicted molar refractivity (Wildman–Crippen MR) is 147 cm³/mol. The van der Waals surface area contributed by atoms with Crippen LogP contribution < -0.4 is 19.7 Å². The lowest BCUT2D eigenvalue weighted by Crippen LogP contribution is -2.54. The van der Waals surface area contributed by atoms with Crippen LogP contribution in [-0.2, 0) is 15.0 Å². The lowest BCUT2D eigenvalue weighted by Gasteiger charge is -2.57. The van der Waals surface area contributed by atoms with E-state index < -0.39 is 17.8 Å². The van der Waals surface area contributed by atoms with E-state index in [1.165, 1.54) is 50.2 Å². The average molecular weight is 525 g/mol. The largest absolute Gasteiger partial charge is 0.490 e. The molecule has 1 N–H and O–H groups in total. The Balaban J connectivity index is 1.26. The van der Waals surface area contributed by atoms with Gasteiger partial charge in [-0.05, 0) is 110 Å². The average Bonchev–Trinajstić information content (AvgIpc) is 2.90. The SMILES string of the molecule is C#CCOc1ccc(/C=C2\C(=O)NC(=O)N(c3ccc(C45CC6CC(CC(C6)C4)C5)cc3)C2=O)cc1OCC. The van der Waals surface area contributed by atoms with E-state index in [9.17, 15) is 14.4 Å². The number of carbonyl (C=O) groups is 3. The number of barbiturate groups is 1. The van der Waals surface area contributed by atoms with Gasteiger partial charge in [0, 0.05) is 0 Å². The number of amides is 4. The number of imide groups is 2. The fourth-order valence-corrected chi connectivity index (χ4v) is 7.61. The molecule has 7 heteroatoms. The van der Waals surface area contributed by atoms with E-state index in [2.05, 4.69) is 23.4 Å². The van der Waals surface area contributed by atoms with Gasteiger partial charge in [0.15, 0.2) is 11.5 Å². The van der Waals surface area contributed by atoms with Gasteiger partial charge in [0.25, 0.3) is 11.8 Å². The van der Waals surface area contributed by atoms with Crippen molar-refractivity contribution in [2.24, 2.45) is 17.8 Å². The van der Waals surface area contributed by atoms with Crippen molar-refractivity contribution < 1.29 is 23.9 Å². The zero-order valence-corrected chi connectivity index (χ0v) is 22.1. The first kappa shape index (κ1) is 25.2. The van der Waals surface area contributed by atoms with Gasteiger partial charge in [-0.1, -0.05) is 24.1 Å². The number of carbonyl (C=O) groups excluding carboxylic acids is 3. The summed E-state index contributed by atoms with van der Waals surface area (Å²) in [6.07, 6.45) is 14.6. The molecule has 0 radical (unpaired) electrons. The van der Waals surface area contributed by atoms with Crippen molar-refractivity contribution in [1.82, 2.24) is 5.32 Å². The van der Waals surface area contributed by atoms with Crippen LogP contribution in [0.1, 0.15) is 56.6 Å². The maximum atomic E-state index is 13.5. The standard InChI is InChI=1S/C32H32N2O5/c1-3-11-39-27-10-5-20(16-28(27)38-4-2)15-26-29(35)33-31(37)34(30(26)36)25-8-6-24(7-9-25)32-17-21-12-22(18-32)14-23(13-21)19-32/h1,5-10,15-16,21-23H,4,11-14,17-19H2,2H3,(H,33,35,37)/b26-15+. The molecule has 4 aliphatic carbocycles. The van der Waals surface area contributed by atoms with Crippen LogP contribution in [0.3, 0.4) is 0 Å². The van der Waals surface area contributed by atoms with Crippen LogP contribution in [0.25, 0.3) is 6.08 Å². The van der Waals surface area contributed by atoms with Crippen LogP contribution >= 0.6 is 0 Å². The summed E-state index contributed by atoms with van der Waals surface area (Å²) in [5.41, 5.74) is 2.38. The third-order valence-corrected chi connectivity index (χ3v) is 8.77. The van der Waals surface area contributed by atoms with Crippen molar-refractivity contribution in [3.8, 4) is 23.8 Å². The highest BCUT2D eigenvalue weighted by Crippen LogP contribution is 2.60. The normalized spacial score (nSPS) is 28.4. The van der Waals surface area contributed by atoms with Gasteiger partial charge in [-0.15, -0.1) is 6.42 Å². The Hall–Kier alpha value is -4.05. The minimum absolute atomic E-state index is 0.0835. The summed E-state index contributed by atoms with van der Waals surface area (Å²) >= 11 is 0. The second-order valence-electron chi connectivity index (χ2n) is 11.3. The summed E-state index contributed by atoms with van der Waals surface area (Å²) in [5.74, 6) is 4.39. The molecule has 7 nitrogen and oxygen atoms in total. The van der Waals surface area contributed by atoms with E-state index >= 15 is 0 Å². The zero-order chi connectivity index (χ0) is 27.1. The van der Waals surface area contributed by atoms with Crippen LogP contribution in [0.4, 0.5) is 10.5 Å². The monoisotopic (exact) mass is 524 g/mol. The minimum Gasteiger partial charge on any atom is -0.490 e. The number of ether oxygens (including phenoxy) is 2. The van der Waals surface area contributed by atoms with Crippen molar-refractivity contribution in [3.63, 3.8) is 0 Å². The molecule has 1 heterocycles. The van der Waals surface area contributed by atoms with Crippen LogP contribution in [0.5, 0.6) is 11.5 Å². The number of rotatable bonds is 7. The second kappa shape index (κ2) is 9.92. The van der Waals surface area contributed by atoms with Crippen molar-refractivity contribution in [1.29, 1.82) is 0 Å². The number of nitrogens with zero attached hydrogens (tertiary/aromatic N) is 1. The van der Waals surface area contributed by atoms with Gasteiger partial charge in [-0.2, -0.15) is 0 Å². The first-order valence-corrected chi connectivity index (χ1v) is 13.7. The fraction of sp³-hybridized carbons (Fsp3) is 0.406. The van der Waals surface area contributed by atoms with Crippen LogP contribution in [0, 0.1) is 30.1 Å². The van der Waals surface area contributed by atoms with Gasteiger partial charge in [0.05, 0.1) is 12.3 Å². The molecule has 4 amide bonds. The smallest absolute Gasteiger partial charge is 0.335 e. The van der Waals surface area contributed by atoms with E-state index in [4.69, 9.17) is 15.9 Å². The molecular weight excluding hydrogens is 492 g/mol. The third kappa shape index (κ3) is 4.58.